The van der Waals surface area contributed by atoms with E-state index < -0.39 is 0 Å². The van der Waals surface area contributed by atoms with Crippen LogP contribution in [0.15, 0.2) is 11.6 Å². The normalized spacial score (nSPS) is 15.6. The van der Waals surface area contributed by atoms with Gasteiger partial charge in [-0.05, 0) is 19.8 Å². The van der Waals surface area contributed by atoms with Crippen molar-refractivity contribution in [1.29, 1.82) is 0 Å². The molecule has 1 N–H and O–H groups in total. The van der Waals surface area contributed by atoms with Crippen molar-refractivity contribution in [1.82, 2.24) is 14.7 Å². The van der Waals surface area contributed by atoms with E-state index in [2.05, 4.69) is 40.2 Å². The quantitative estimate of drug-likeness (QED) is 0.882. The number of hydrogen-bond acceptors (Lipinski definition) is 4. The molecule has 1 aliphatic carbocycles. The van der Waals surface area contributed by atoms with Crippen molar-refractivity contribution in [3.63, 3.8) is 0 Å². The molecule has 0 unspecified atom stereocenters. The molecule has 2 heterocycles. The van der Waals surface area contributed by atoms with E-state index in [9.17, 15) is 0 Å². The smallest absolute Gasteiger partial charge is 0.195 e. The first-order valence-electron chi connectivity index (χ1n) is 6.18. The Kier molecular flexibility index (Phi) is 2.80. The summed E-state index contributed by atoms with van der Waals surface area (Å²) in [6, 6.07) is 0.735. The van der Waals surface area contributed by atoms with Crippen LogP contribution >= 0.6 is 11.3 Å². The van der Waals surface area contributed by atoms with Crippen LogP contribution in [0.25, 0.3) is 4.96 Å². The molecule has 5 heteroatoms. The third kappa shape index (κ3) is 2.05. The van der Waals surface area contributed by atoms with Gasteiger partial charge in [0.05, 0.1) is 5.69 Å². The third-order valence-electron chi connectivity index (χ3n) is 3.31. The van der Waals surface area contributed by atoms with E-state index in [-0.39, 0.29) is 0 Å². The van der Waals surface area contributed by atoms with Crippen molar-refractivity contribution >= 4 is 22.1 Å². The highest BCUT2D eigenvalue weighted by molar-refractivity contribution is 7.15. The number of fused-ring (bicyclic) bond motifs is 1. The minimum atomic E-state index is 0.735. The number of rotatable bonds is 5. The highest BCUT2D eigenvalue weighted by Gasteiger charge is 2.22. The van der Waals surface area contributed by atoms with E-state index >= 15 is 0 Å². The molecule has 1 aliphatic rings. The van der Waals surface area contributed by atoms with E-state index in [0.717, 1.165) is 29.9 Å². The van der Waals surface area contributed by atoms with Crippen LogP contribution in [0.1, 0.15) is 25.5 Å². The fourth-order valence-corrected chi connectivity index (χ4v) is 2.70. The van der Waals surface area contributed by atoms with Crippen LogP contribution in [-0.4, -0.2) is 29.0 Å². The second kappa shape index (κ2) is 4.31. The van der Waals surface area contributed by atoms with Crippen LogP contribution in [0.4, 0.5) is 5.82 Å². The lowest BCUT2D eigenvalue weighted by atomic mass is 10.3. The Labute approximate surface area is 105 Å². The maximum absolute atomic E-state index is 4.71. The predicted octanol–water partition coefficient (Wildman–Crippen LogP) is 2.10. The highest BCUT2D eigenvalue weighted by atomic mass is 32.1. The molecule has 17 heavy (non-hydrogen) atoms. The fourth-order valence-electron chi connectivity index (χ4n) is 1.97. The van der Waals surface area contributed by atoms with Crippen LogP contribution in [0.5, 0.6) is 0 Å². The van der Waals surface area contributed by atoms with Gasteiger partial charge < -0.3 is 10.2 Å². The van der Waals surface area contributed by atoms with Crippen LogP contribution < -0.4 is 10.2 Å². The molecule has 0 spiro atoms. The Bertz CT molecular complexity index is 512. The highest BCUT2D eigenvalue weighted by Crippen LogP contribution is 2.25. The average molecular weight is 250 g/mol. The molecule has 0 bridgehead atoms. The zero-order valence-electron chi connectivity index (χ0n) is 10.3. The molecule has 0 aromatic carbocycles. The third-order valence-corrected chi connectivity index (χ3v) is 4.07. The van der Waals surface area contributed by atoms with Gasteiger partial charge in [0, 0.05) is 37.8 Å². The Hall–Kier alpha value is -1.07. The second-order valence-electron chi connectivity index (χ2n) is 4.61. The van der Waals surface area contributed by atoms with E-state index in [4.69, 9.17) is 4.98 Å². The van der Waals surface area contributed by atoms with E-state index in [1.165, 1.54) is 18.5 Å². The molecule has 4 nitrogen and oxygen atoms in total. The van der Waals surface area contributed by atoms with Crippen molar-refractivity contribution in [2.45, 2.75) is 32.4 Å². The number of nitrogens with one attached hydrogen (secondary N) is 1. The minimum Gasteiger partial charge on any atom is -0.358 e. The van der Waals surface area contributed by atoms with Gasteiger partial charge in [-0.25, -0.2) is 4.98 Å². The summed E-state index contributed by atoms with van der Waals surface area (Å²) in [5, 5.41) is 5.67. The molecule has 0 saturated heterocycles. The summed E-state index contributed by atoms with van der Waals surface area (Å²) in [7, 11) is 2.10. The zero-order valence-corrected chi connectivity index (χ0v) is 11.1. The van der Waals surface area contributed by atoms with Gasteiger partial charge in [-0.2, -0.15) is 0 Å². The number of aromatic nitrogens is 2. The fraction of sp³-hybridized carbons (Fsp3) is 0.583. The summed E-state index contributed by atoms with van der Waals surface area (Å²) < 4.78 is 2.21. The van der Waals surface area contributed by atoms with Gasteiger partial charge in [-0.15, -0.1) is 11.3 Å². The SMILES string of the molecule is CCN(C)c1nc2sccn2c1CNC1CC1. The molecule has 2 aromatic rings. The Morgan fingerprint density at radius 1 is 1.59 bits per heavy atom. The minimum absolute atomic E-state index is 0.735. The van der Waals surface area contributed by atoms with E-state index in [1.54, 1.807) is 11.3 Å². The lowest BCUT2D eigenvalue weighted by Crippen LogP contribution is -2.22. The van der Waals surface area contributed by atoms with E-state index in [1.807, 2.05) is 0 Å². The molecule has 2 aromatic heterocycles. The average Bonchev–Trinajstić information content (AvgIpc) is 2.94. The number of hydrogen-bond donors (Lipinski definition) is 1. The van der Waals surface area contributed by atoms with Crippen molar-refractivity contribution in [2.24, 2.45) is 0 Å². The van der Waals surface area contributed by atoms with Crippen molar-refractivity contribution in [3.05, 3.63) is 17.3 Å². The molecule has 0 aliphatic heterocycles. The monoisotopic (exact) mass is 250 g/mol. The first kappa shape index (κ1) is 11.0. The topological polar surface area (TPSA) is 32.6 Å². The maximum Gasteiger partial charge on any atom is 0.195 e. The van der Waals surface area contributed by atoms with Gasteiger partial charge in [-0.1, -0.05) is 0 Å². The summed E-state index contributed by atoms with van der Waals surface area (Å²) in [6.45, 7) is 4.06. The van der Waals surface area contributed by atoms with Crippen LogP contribution in [-0.2, 0) is 6.54 Å². The zero-order chi connectivity index (χ0) is 11.8. The number of imidazole rings is 1. The van der Waals surface area contributed by atoms with Crippen molar-refractivity contribution < 1.29 is 0 Å². The number of thiazole rings is 1. The summed E-state index contributed by atoms with van der Waals surface area (Å²) in [6.07, 6.45) is 4.76. The van der Waals surface area contributed by atoms with Crippen molar-refractivity contribution in [3.8, 4) is 0 Å². The van der Waals surface area contributed by atoms with Gasteiger partial charge >= 0.3 is 0 Å². The molecule has 3 rings (SSSR count). The summed E-state index contributed by atoms with van der Waals surface area (Å²) >= 11 is 1.70. The number of nitrogens with zero attached hydrogens (tertiary/aromatic N) is 3. The summed E-state index contributed by atoms with van der Waals surface area (Å²) in [5.41, 5.74) is 1.29. The Morgan fingerprint density at radius 3 is 3.12 bits per heavy atom. The maximum atomic E-state index is 4.71. The molecular weight excluding hydrogens is 232 g/mol. The predicted molar refractivity (Wildman–Crippen MR) is 71.9 cm³/mol. The first-order valence-corrected chi connectivity index (χ1v) is 7.06. The van der Waals surface area contributed by atoms with Gasteiger partial charge in [0.1, 0.15) is 0 Å². The van der Waals surface area contributed by atoms with Gasteiger partial charge in [0.25, 0.3) is 0 Å². The molecule has 92 valence electrons. The largest absolute Gasteiger partial charge is 0.358 e. The molecule has 1 fully saturated rings. The van der Waals surface area contributed by atoms with E-state index in [0.29, 0.717) is 0 Å². The van der Waals surface area contributed by atoms with Gasteiger partial charge in [-0.3, -0.25) is 4.40 Å². The lowest BCUT2D eigenvalue weighted by Gasteiger charge is -2.16. The first-order chi connectivity index (χ1) is 8.29. The second-order valence-corrected chi connectivity index (χ2v) is 5.48. The van der Waals surface area contributed by atoms with Crippen LogP contribution in [0.3, 0.4) is 0 Å². The Balaban J connectivity index is 1.93. The molecule has 0 amide bonds. The standard InChI is InChI=1S/C12H18N4S/c1-3-15(2)11-10(8-13-9-4-5-9)16-6-7-17-12(16)14-11/h6-7,9,13H,3-5,8H2,1-2H3. The van der Waals surface area contributed by atoms with Crippen LogP contribution in [0, 0.1) is 0 Å². The lowest BCUT2D eigenvalue weighted by molar-refractivity contribution is 0.669. The summed E-state index contributed by atoms with van der Waals surface area (Å²) in [4.78, 5) is 8.01. The van der Waals surface area contributed by atoms with Gasteiger partial charge in [0.2, 0.25) is 0 Å². The summed E-state index contributed by atoms with van der Waals surface area (Å²) in [5.74, 6) is 1.12. The van der Waals surface area contributed by atoms with Gasteiger partial charge in [0.15, 0.2) is 10.8 Å². The van der Waals surface area contributed by atoms with Crippen molar-refractivity contribution in [2.75, 3.05) is 18.5 Å². The van der Waals surface area contributed by atoms with Crippen LogP contribution in [0.2, 0.25) is 0 Å². The molecule has 0 radical (unpaired) electrons. The Morgan fingerprint density at radius 2 is 2.41 bits per heavy atom. The molecule has 1 saturated carbocycles. The molecule has 0 atom stereocenters. The number of anilines is 1. The molecular formula is C12H18N4S.